The van der Waals surface area contributed by atoms with Crippen LogP contribution in [0, 0.1) is 5.92 Å². The van der Waals surface area contributed by atoms with Crippen molar-refractivity contribution < 1.29 is 0 Å². The number of hydrogen-bond donors (Lipinski definition) is 1. The van der Waals surface area contributed by atoms with E-state index in [0.717, 1.165) is 0 Å². The fourth-order valence-corrected chi connectivity index (χ4v) is 3.18. The third-order valence-corrected chi connectivity index (χ3v) is 4.31. The summed E-state index contributed by atoms with van der Waals surface area (Å²) in [6, 6.07) is 4.97. The summed E-state index contributed by atoms with van der Waals surface area (Å²) in [6.07, 6.45) is 8.35. The van der Waals surface area contributed by atoms with Gasteiger partial charge in [0.1, 0.15) is 0 Å². The molecule has 1 aromatic rings. The molecule has 1 N–H and O–H groups in total. The van der Waals surface area contributed by atoms with Crippen LogP contribution in [0.2, 0.25) is 0 Å². The molecule has 2 unspecified atom stereocenters. The summed E-state index contributed by atoms with van der Waals surface area (Å²) in [6.45, 7) is 4.60. The number of pyridine rings is 1. The van der Waals surface area contributed by atoms with Gasteiger partial charge in [0.2, 0.25) is 0 Å². The number of aryl methyl sites for hydroxylation is 1. The SMILES string of the molecule is CNC(CCC1CCCc2cccnc21)C(C)C. The first kappa shape index (κ1) is 13.5. The third-order valence-electron chi connectivity index (χ3n) is 4.31. The summed E-state index contributed by atoms with van der Waals surface area (Å²) >= 11 is 0. The van der Waals surface area contributed by atoms with Gasteiger partial charge in [0.25, 0.3) is 0 Å². The number of fused-ring (bicyclic) bond motifs is 1. The molecule has 1 aliphatic carbocycles. The van der Waals surface area contributed by atoms with Crippen LogP contribution in [-0.4, -0.2) is 18.1 Å². The Balaban J connectivity index is 1.99. The highest BCUT2D eigenvalue weighted by molar-refractivity contribution is 5.25. The Kier molecular flexibility index (Phi) is 4.76. The number of hydrogen-bond acceptors (Lipinski definition) is 2. The van der Waals surface area contributed by atoms with Crippen molar-refractivity contribution in [3.05, 3.63) is 29.6 Å². The lowest BCUT2D eigenvalue weighted by Crippen LogP contribution is -2.31. The molecular weight excluding hydrogens is 220 g/mol. The van der Waals surface area contributed by atoms with E-state index in [1.54, 1.807) is 0 Å². The first-order chi connectivity index (χ1) is 8.72. The first-order valence-corrected chi connectivity index (χ1v) is 7.33. The molecule has 2 heteroatoms. The van der Waals surface area contributed by atoms with Crippen LogP contribution in [0.4, 0.5) is 0 Å². The first-order valence-electron chi connectivity index (χ1n) is 7.33. The topological polar surface area (TPSA) is 24.9 Å². The van der Waals surface area contributed by atoms with Crippen molar-refractivity contribution in [2.75, 3.05) is 7.05 Å². The maximum absolute atomic E-state index is 4.63. The number of aromatic nitrogens is 1. The smallest absolute Gasteiger partial charge is 0.0466 e. The van der Waals surface area contributed by atoms with Gasteiger partial charge in [0, 0.05) is 23.9 Å². The predicted molar refractivity (Wildman–Crippen MR) is 76.8 cm³/mol. The minimum atomic E-state index is 0.638. The third kappa shape index (κ3) is 3.11. The quantitative estimate of drug-likeness (QED) is 0.859. The Morgan fingerprint density at radius 2 is 2.28 bits per heavy atom. The molecule has 0 saturated heterocycles. The van der Waals surface area contributed by atoms with Gasteiger partial charge in [-0.1, -0.05) is 19.9 Å². The standard InChI is InChI=1S/C16H26N2/c1-12(2)15(17-3)10-9-14-7-4-6-13-8-5-11-18-16(13)14/h5,8,11-12,14-15,17H,4,6-7,9-10H2,1-3H3. The van der Waals surface area contributed by atoms with Gasteiger partial charge in [-0.05, 0) is 56.7 Å². The van der Waals surface area contributed by atoms with Gasteiger partial charge >= 0.3 is 0 Å². The molecule has 0 amide bonds. The van der Waals surface area contributed by atoms with Gasteiger partial charge < -0.3 is 5.32 Å². The Bertz CT molecular complexity index is 373. The molecule has 1 heterocycles. The van der Waals surface area contributed by atoms with E-state index in [0.29, 0.717) is 17.9 Å². The second-order valence-corrected chi connectivity index (χ2v) is 5.85. The highest BCUT2D eigenvalue weighted by Crippen LogP contribution is 2.33. The lowest BCUT2D eigenvalue weighted by atomic mass is 9.82. The Labute approximate surface area is 111 Å². The molecule has 2 rings (SSSR count). The van der Waals surface area contributed by atoms with E-state index in [-0.39, 0.29) is 0 Å². The largest absolute Gasteiger partial charge is 0.317 e. The van der Waals surface area contributed by atoms with Crippen molar-refractivity contribution in [1.82, 2.24) is 10.3 Å². The monoisotopic (exact) mass is 246 g/mol. The van der Waals surface area contributed by atoms with E-state index in [2.05, 4.69) is 43.3 Å². The summed E-state index contributed by atoms with van der Waals surface area (Å²) in [5.41, 5.74) is 2.86. The van der Waals surface area contributed by atoms with E-state index in [9.17, 15) is 0 Å². The lowest BCUT2D eigenvalue weighted by molar-refractivity contribution is 0.367. The van der Waals surface area contributed by atoms with Crippen molar-refractivity contribution in [2.24, 2.45) is 5.92 Å². The van der Waals surface area contributed by atoms with Crippen LogP contribution in [0.1, 0.15) is 56.7 Å². The maximum Gasteiger partial charge on any atom is 0.0466 e. The molecule has 1 aromatic heterocycles. The van der Waals surface area contributed by atoms with Crippen LogP contribution in [0.15, 0.2) is 18.3 Å². The van der Waals surface area contributed by atoms with Gasteiger partial charge in [-0.15, -0.1) is 0 Å². The fourth-order valence-electron chi connectivity index (χ4n) is 3.18. The summed E-state index contributed by atoms with van der Waals surface area (Å²) in [5.74, 6) is 1.39. The number of rotatable bonds is 5. The molecule has 0 aromatic carbocycles. The average molecular weight is 246 g/mol. The Hall–Kier alpha value is -0.890. The van der Waals surface area contributed by atoms with E-state index in [4.69, 9.17) is 0 Å². The Morgan fingerprint density at radius 3 is 3.00 bits per heavy atom. The van der Waals surface area contributed by atoms with Crippen LogP contribution in [0.3, 0.4) is 0 Å². The second-order valence-electron chi connectivity index (χ2n) is 5.85. The van der Waals surface area contributed by atoms with E-state index in [1.165, 1.54) is 43.4 Å². The van der Waals surface area contributed by atoms with Crippen LogP contribution in [0.5, 0.6) is 0 Å². The van der Waals surface area contributed by atoms with Gasteiger partial charge in [0.15, 0.2) is 0 Å². The molecule has 2 atom stereocenters. The van der Waals surface area contributed by atoms with Crippen LogP contribution >= 0.6 is 0 Å². The lowest BCUT2D eigenvalue weighted by Gasteiger charge is -2.27. The molecule has 0 spiro atoms. The van der Waals surface area contributed by atoms with Crippen LogP contribution in [-0.2, 0) is 6.42 Å². The van der Waals surface area contributed by atoms with E-state index in [1.807, 2.05) is 6.20 Å². The van der Waals surface area contributed by atoms with Crippen molar-refractivity contribution >= 4 is 0 Å². The van der Waals surface area contributed by atoms with Crippen LogP contribution < -0.4 is 5.32 Å². The minimum Gasteiger partial charge on any atom is -0.317 e. The maximum atomic E-state index is 4.63. The molecule has 0 aliphatic heterocycles. The summed E-state index contributed by atoms with van der Waals surface area (Å²) < 4.78 is 0. The van der Waals surface area contributed by atoms with Crippen molar-refractivity contribution in [1.29, 1.82) is 0 Å². The van der Waals surface area contributed by atoms with Crippen LogP contribution in [0.25, 0.3) is 0 Å². The summed E-state index contributed by atoms with van der Waals surface area (Å²) in [5, 5.41) is 3.44. The zero-order valence-electron chi connectivity index (χ0n) is 11.9. The molecule has 0 radical (unpaired) electrons. The van der Waals surface area contributed by atoms with Crippen molar-refractivity contribution in [3.63, 3.8) is 0 Å². The molecule has 0 saturated carbocycles. The zero-order chi connectivity index (χ0) is 13.0. The zero-order valence-corrected chi connectivity index (χ0v) is 11.9. The van der Waals surface area contributed by atoms with E-state index < -0.39 is 0 Å². The molecule has 2 nitrogen and oxygen atoms in total. The molecule has 1 aliphatic rings. The summed E-state index contributed by atoms with van der Waals surface area (Å²) in [7, 11) is 2.08. The van der Waals surface area contributed by atoms with Gasteiger partial charge in [-0.3, -0.25) is 4.98 Å². The highest BCUT2D eigenvalue weighted by Gasteiger charge is 2.22. The van der Waals surface area contributed by atoms with Crippen molar-refractivity contribution in [2.45, 2.75) is 57.9 Å². The fraction of sp³-hybridized carbons (Fsp3) is 0.688. The second kappa shape index (κ2) is 6.33. The number of nitrogens with zero attached hydrogens (tertiary/aromatic N) is 1. The molecular formula is C16H26N2. The van der Waals surface area contributed by atoms with Gasteiger partial charge in [-0.25, -0.2) is 0 Å². The van der Waals surface area contributed by atoms with Gasteiger partial charge in [-0.2, -0.15) is 0 Å². The molecule has 0 bridgehead atoms. The van der Waals surface area contributed by atoms with Gasteiger partial charge in [0.05, 0.1) is 0 Å². The Morgan fingerprint density at radius 1 is 1.44 bits per heavy atom. The average Bonchev–Trinajstić information content (AvgIpc) is 2.39. The molecule has 100 valence electrons. The van der Waals surface area contributed by atoms with E-state index >= 15 is 0 Å². The normalized spacial score (nSPS) is 20.8. The minimum absolute atomic E-state index is 0.638. The molecule has 18 heavy (non-hydrogen) atoms. The number of nitrogens with one attached hydrogen (secondary N) is 1. The summed E-state index contributed by atoms with van der Waals surface area (Å²) in [4.78, 5) is 4.63. The predicted octanol–water partition coefficient (Wildman–Crippen LogP) is 3.53. The van der Waals surface area contributed by atoms with Crippen molar-refractivity contribution in [3.8, 4) is 0 Å². The highest BCUT2D eigenvalue weighted by atomic mass is 14.9. The molecule has 0 fully saturated rings.